The Kier molecular flexibility index (Phi) is 5.65. The first-order valence-electron chi connectivity index (χ1n) is 8.90. The van der Waals surface area contributed by atoms with Gasteiger partial charge in [-0.05, 0) is 43.0 Å². The lowest BCUT2D eigenvalue weighted by Gasteiger charge is -2.32. The van der Waals surface area contributed by atoms with E-state index >= 15 is 0 Å². The lowest BCUT2D eigenvalue weighted by atomic mass is 9.84. The van der Waals surface area contributed by atoms with Crippen molar-refractivity contribution in [1.82, 2.24) is 4.72 Å². The van der Waals surface area contributed by atoms with Crippen molar-refractivity contribution in [2.24, 2.45) is 5.73 Å². The number of ether oxygens (including phenoxy) is 1. The van der Waals surface area contributed by atoms with E-state index in [1.54, 1.807) is 13.8 Å². The first-order valence-corrected chi connectivity index (χ1v) is 10.4. The van der Waals surface area contributed by atoms with Crippen molar-refractivity contribution in [3.63, 3.8) is 0 Å². The Morgan fingerprint density at radius 3 is 2.58 bits per heavy atom. The van der Waals surface area contributed by atoms with Crippen molar-refractivity contribution in [1.29, 1.82) is 0 Å². The van der Waals surface area contributed by atoms with Crippen LogP contribution in [0.4, 0.5) is 0 Å². The van der Waals surface area contributed by atoms with E-state index in [-0.39, 0.29) is 18.5 Å². The average molecular weight is 375 g/mol. The standard InChI is InChI=1S/C20H26N2O3S/c1-14(2)26(23,24)22-12-16-8-9-20-18(11-16)17(19(21)13-25-20)10-15-6-4-3-5-7-15/h3-9,11,14,17,19,22H,10,12-13,21H2,1-2H3. The summed E-state index contributed by atoms with van der Waals surface area (Å²) in [6.07, 6.45) is 0.833. The molecule has 1 aliphatic heterocycles. The summed E-state index contributed by atoms with van der Waals surface area (Å²) in [5.41, 5.74) is 9.52. The van der Waals surface area contributed by atoms with Crippen molar-refractivity contribution in [2.75, 3.05) is 6.61 Å². The summed E-state index contributed by atoms with van der Waals surface area (Å²) in [6.45, 7) is 4.08. The molecule has 0 aromatic heterocycles. The maximum absolute atomic E-state index is 12.0. The number of rotatable bonds is 6. The molecule has 0 bridgehead atoms. The van der Waals surface area contributed by atoms with Gasteiger partial charge in [0.05, 0.1) is 5.25 Å². The highest BCUT2D eigenvalue weighted by Crippen LogP contribution is 2.36. The van der Waals surface area contributed by atoms with Crippen LogP contribution in [0.5, 0.6) is 5.75 Å². The van der Waals surface area contributed by atoms with E-state index in [0.29, 0.717) is 6.61 Å². The van der Waals surface area contributed by atoms with Gasteiger partial charge in [0.15, 0.2) is 0 Å². The number of nitrogens with two attached hydrogens (primary N) is 1. The zero-order chi connectivity index (χ0) is 18.7. The number of hydrogen-bond acceptors (Lipinski definition) is 4. The second-order valence-corrected chi connectivity index (χ2v) is 9.38. The molecule has 2 aromatic rings. The summed E-state index contributed by atoms with van der Waals surface area (Å²) < 4.78 is 32.4. The van der Waals surface area contributed by atoms with Gasteiger partial charge in [0.2, 0.25) is 10.0 Å². The molecule has 26 heavy (non-hydrogen) atoms. The Labute approximate surface area is 155 Å². The van der Waals surface area contributed by atoms with Gasteiger partial charge in [-0.15, -0.1) is 0 Å². The van der Waals surface area contributed by atoms with E-state index in [9.17, 15) is 8.42 Å². The Balaban J connectivity index is 1.83. The third kappa shape index (κ3) is 4.26. The normalized spacial score (nSPS) is 19.8. The molecular formula is C20H26N2O3S. The van der Waals surface area contributed by atoms with Crippen molar-refractivity contribution in [3.8, 4) is 5.75 Å². The molecule has 1 heterocycles. The first-order chi connectivity index (χ1) is 12.4. The second-order valence-electron chi connectivity index (χ2n) is 7.06. The minimum absolute atomic E-state index is 0.0923. The molecule has 3 N–H and O–H groups in total. The fraction of sp³-hybridized carbons (Fsp3) is 0.400. The third-order valence-electron chi connectivity index (χ3n) is 4.82. The maximum atomic E-state index is 12.0. The predicted octanol–water partition coefficient (Wildman–Crippen LogP) is 2.56. The van der Waals surface area contributed by atoms with Gasteiger partial charge >= 0.3 is 0 Å². The van der Waals surface area contributed by atoms with Crippen LogP contribution in [0.25, 0.3) is 0 Å². The summed E-state index contributed by atoms with van der Waals surface area (Å²) in [5, 5.41) is -0.456. The Morgan fingerprint density at radius 2 is 1.88 bits per heavy atom. The summed E-state index contributed by atoms with van der Waals surface area (Å²) in [6, 6.07) is 16.0. The summed E-state index contributed by atoms with van der Waals surface area (Å²) in [4.78, 5) is 0. The summed E-state index contributed by atoms with van der Waals surface area (Å²) in [5.74, 6) is 0.978. The van der Waals surface area contributed by atoms with E-state index in [1.807, 2.05) is 36.4 Å². The van der Waals surface area contributed by atoms with Gasteiger partial charge in [-0.25, -0.2) is 13.1 Å². The zero-order valence-electron chi connectivity index (χ0n) is 15.2. The lowest BCUT2D eigenvalue weighted by molar-refractivity contribution is 0.238. The van der Waals surface area contributed by atoms with E-state index in [2.05, 4.69) is 16.9 Å². The van der Waals surface area contributed by atoms with E-state index in [0.717, 1.165) is 23.3 Å². The predicted molar refractivity (Wildman–Crippen MR) is 104 cm³/mol. The molecule has 0 fully saturated rings. The monoisotopic (exact) mass is 374 g/mol. The van der Waals surface area contributed by atoms with Crippen molar-refractivity contribution < 1.29 is 13.2 Å². The maximum Gasteiger partial charge on any atom is 0.214 e. The molecule has 6 heteroatoms. The molecule has 0 saturated carbocycles. The molecule has 0 radical (unpaired) electrons. The highest BCUT2D eigenvalue weighted by atomic mass is 32.2. The number of sulfonamides is 1. The summed E-state index contributed by atoms with van der Waals surface area (Å²) >= 11 is 0. The van der Waals surface area contributed by atoms with Gasteiger partial charge in [0.1, 0.15) is 12.4 Å². The zero-order valence-corrected chi connectivity index (χ0v) is 16.0. The number of nitrogens with one attached hydrogen (secondary N) is 1. The molecule has 3 rings (SSSR count). The van der Waals surface area contributed by atoms with Crippen molar-refractivity contribution in [2.45, 2.75) is 44.0 Å². The molecule has 2 aromatic carbocycles. The minimum Gasteiger partial charge on any atom is -0.492 e. The second kappa shape index (κ2) is 7.78. The smallest absolute Gasteiger partial charge is 0.214 e. The van der Waals surface area contributed by atoms with E-state index in [1.165, 1.54) is 5.56 Å². The van der Waals surface area contributed by atoms with E-state index < -0.39 is 15.3 Å². The van der Waals surface area contributed by atoms with Crippen LogP contribution in [0.1, 0.15) is 36.5 Å². The van der Waals surface area contributed by atoms with Crippen LogP contribution in [0.15, 0.2) is 48.5 Å². The van der Waals surface area contributed by atoms with Crippen LogP contribution in [-0.2, 0) is 23.0 Å². The Bertz CT molecular complexity index is 851. The molecule has 0 spiro atoms. The summed E-state index contributed by atoms with van der Waals surface area (Å²) in [7, 11) is -3.30. The van der Waals surface area contributed by atoms with Crippen LogP contribution < -0.4 is 15.2 Å². The molecule has 0 aliphatic carbocycles. The van der Waals surface area contributed by atoms with Gasteiger partial charge in [-0.1, -0.05) is 42.5 Å². The molecule has 5 nitrogen and oxygen atoms in total. The third-order valence-corrected chi connectivity index (χ3v) is 6.61. The molecule has 1 aliphatic rings. The fourth-order valence-corrected chi connectivity index (χ4v) is 3.84. The lowest BCUT2D eigenvalue weighted by Crippen LogP contribution is -2.39. The Hall–Kier alpha value is -1.89. The van der Waals surface area contributed by atoms with Gasteiger partial charge in [-0.3, -0.25) is 0 Å². The Morgan fingerprint density at radius 1 is 1.15 bits per heavy atom. The molecule has 0 saturated heterocycles. The highest BCUT2D eigenvalue weighted by Gasteiger charge is 2.29. The molecule has 2 atom stereocenters. The van der Waals surface area contributed by atoms with Crippen LogP contribution in [-0.4, -0.2) is 26.3 Å². The van der Waals surface area contributed by atoms with Gasteiger partial charge < -0.3 is 10.5 Å². The number of hydrogen-bond donors (Lipinski definition) is 2. The van der Waals surface area contributed by atoms with Crippen molar-refractivity contribution in [3.05, 3.63) is 65.2 Å². The largest absolute Gasteiger partial charge is 0.492 e. The van der Waals surface area contributed by atoms with Crippen LogP contribution in [0, 0.1) is 0 Å². The SMILES string of the molecule is CC(C)S(=O)(=O)NCc1ccc2c(c1)C(Cc1ccccc1)C(N)CO2. The van der Waals surface area contributed by atoms with Crippen molar-refractivity contribution >= 4 is 10.0 Å². The average Bonchev–Trinajstić information content (AvgIpc) is 2.63. The molecule has 2 unspecified atom stereocenters. The topological polar surface area (TPSA) is 81.4 Å². The van der Waals surface area contributed by atoms with Crippen LogP contribution >= 0.6 is 0 Å². The van der Waals surface area contributed by atoms with Gasteiger partial charge in [0.25, 0.3) is 0 Å². The molecule has 140 valence electrons. The fourth-order valence-electron chi connectivity index (χ4n) is 3.14. The van der Waals surface area contributed by atoms with Crippen LogP contribution in [0.3, 0.4) is 0 Å². The van der Waals surface area contributed by atoms with Gasteiger partial charge in [0, 0.05) is 18.5 Å². The molecule has 0 amide bonds. The first kappa shape index (κ1) is 18.9. The van der Waals surface area contributed by atoms with Crippen LogP contribution in [0.2, 0.25) is 0 Å². The minimum atomic E-state index is -3.30. The number of fused-ring (bicyclic) bond motifs is 1. The quantitative estimate of drug-likeness (QED) is 0.814. The number of benzene rings is 2. The molecular weight excluding hydrogens is 348 g/mol. The highest BCUT2D eigenvalue weighted by molar-refractivity contribution is 7.90. The van der Waals surface area contributed by atoms with E-state index in [4.69, 9.17) is 10.5 Å². The van der Waals surface area contributed by atoms with Gasteiger partial charge in [-0.2, -0.15) is 0 Å².